The summed E-state index contributed by atoms with van der Waals surface area (Å²) < 4.78 is 5.30. The van der Waals surface area contributed by atoms with Crippen molar-refractivity contribution >= 4 is 5.82 Å². The van der Waals surface area contributed by atoms with E-state index in [9.17, 15) is 0 Å². The van der Waals surface area contributed by atoms with Gasteiger partial charge in [-0.25, -0.2) is 4.98 Å². The maximum atomic E-state index is 5.30. The van der Waals surface area contributed by atoms with Gasteiger partial charge in [0, 0.05) is 12.3 Å². The van der Waals surface area contributed by atoms with Crippen molar-refractivity contribution < 1.29 is 4.74 Å². The van der Waals surface area contributed by atoms with Crippen molar-refractivity contribution in [1.29, 1.82) is 0 Å². The molecule has 0 spiro atoms. The minimum Gasteiger partial charge on any atom is -0.379 e. The SMILES string of the molecule is Cc1cc(C)nc(NC2CCOC2)c1. The molecule has 2 heterocycles. The molecule has 76 valence electrons. The monoisotopic (exact) mass is 192 g/mol. The van der Waals surface area contributed by atoms with Gasteiger partial charge in [-0.2, -0.15) is 0 Å². The summed E-state index contributed by atoms with van der Waals surface area (Å²) in [6.45, 7) is 5.77. The Hall–Kier alpha value is -1.09. The molecule has 1 aromatic rings. The number of hydrogen-bond donors (Lipinski definition) is 1. The molecule has 1 unspecified atom stereocenters. The van der Waals surface area contributed by atoms with E-state index in [2.05, 4.69) is 29.4 Å². The van der Waals surface area contributed by atoms with Gasteiger partial charge in [0.2, 0.25) is 0 Å². The van der Waals surface area contributed by atoms with Crippen LogP contribution in [-0.4, -0.2) is 24.2 Å². The van der Waals surface area contributed by atoms with Gasteiger partial charge < -0.3 is 10.1 Å². The Bertz CT molecular complexity index is 299. The van der Waals surface area contributed by atoms with Gasteiger partial charge in [-0.05, 0) is 38.0 Å². The smallest absolute Gasteiger partial charge is 0.126 e. The van der Waals surface area contributed by atoms with Crippen molar-refractivity contribution in [2.45, 2.75) is 26.3 Å². The standard InChI is InChI=1S/C11H16N2O/c1-8-5-9(2)12-11(6-8)13-10-3-4-14-7-10/h5-6,10H,3-4,7H2,1-2H3,(H,12,13). The molecular weight excluding hydrogens is 176 g/mol. The topological polar surface area (TPSA) is 34.2 Å². The molecule has 3 heteroatoms. The Balaban J connectivity index is 2.07. The van der Waals surface area contributed by atoms with E-state index in [4.69, 9.17) is 4.74 Å². The van der Waals surface area contributed by atoms with Gasteiger partial charge in [0.05, 0.1) is 12.6 Å². The van der Waals surface area contributed by atoms with Gasteiger partial charge >= 0.3 is 0 Å². The normalized spacial score (nSPS) is 21.1. The predicted molar refractivity (Wildman–Crippen MR) is 56.6 cm³/mol. The van der Waals surface area contributed by atoms with Crippen LogP contribution in [0.4, 0.5) is 5.82 Å². The fraction of sp³-hybridized carbons (Fsp3) is 0.545. The van der Waals surface area contributed by atoms with Crippen LogP contribution < -0.4 is 5.32 Å². The lowest BCUT2D eigenvalue weighted by Gasteiger charge is -2.12. The van der Waals surface area contributed by atoms with E-state index in [-0.39, 0.29) is 0 Å². The van der Waals surface area contributed by atoms with Crippen LogP contribution in [0.2, 0.25) is 0 Å². The van der Waals surface area contributed by atoms with Crippen molar-refractivity contribution in [3.8, 4) is 0 Å². The summed E-state index contributed by atoms with van der Waals surface area (Å²) in [4.78, 5) is 4.43. The van der Waals surface area contributed by atoms with Gasteiger partial charge in [0.1, 0.15) is 5.82 Å². The van der Waals surface area contributed by atoms with Gasteiger partial charge in [-0.3, -0.25) is 0 Å². The molecule has 3 nitrogen and oxygen atoms in total. The number of aromatic nitrogens is 1. The highest BCUT2D eigenvalue weighted by molar-refractivity contribution is 5.40. The molecule has 1 aliphatic heterocycles. The second kappa shape index (κ2) is 3.96. The van der Waals surface area contributed by atoms with Crippen LogP contribution in [0.3, 0.4) is 0 Å². The third kappa shape index (κ3) is 2.23. The molecule has 0 amide bonds. The number of nitrogens with one attached hydrogen (secondary N) is 1. The van der Waals surface area contributed by atoms with Crippen molar-refractivity contribution in [3.63, 3.8) is 0 Å². The number of anilines is 1. The Morgan fingerprint density at radius 3 is 2.93 bits per heavy atom. The van der Waals surface area contributed by atoms with Gasteiger partial charge in [0.15, 0.2) is 0 Å². The van der Waals surface area contributed by atoms with Crippen LogP contribution in [0.1, 0.15) is 17.7 Å². The van der Waals surface area contributed by atoms with Gasteiger partial charge in [0.25, 0.3) is 0 Å². The molecule has 1 atom stereocenters. The number of pyridine rings is 1. The summed E-state index contributed by atoms with van der Waals surface area (Å²) in [5.41, 5.74) is 2.31. The average Bonchev–Trinajstić information content (AvgIpc) is 2.54. The fourth-order valence-electron chi connectivity index (χ4n) is 1.77. The number of aryl methyl sites for hydroxylation is 2. The number of nitrogens with zero attached hydrogens (tertiary/aromatic N) is 1. The minimum absolute atomic E-state index is 0.434. The zero-order chi connectivity index (χ0) is 9.97. The highest BCUT2D eigenvalue weighted by Gasteiger charge is 2.15. The van der Waals surface area contributed by atoms with Crippen LogP contribution in [-0.2, 0) is 4.74 Å². The summed E-state index contributed by atoms with van der Waals surface area (Å²) in [5, 5.41) is 3.39. The lowest BCUT2D eigenvalue weighted by atomic mass is 10.2. The third-order valence-electron chi connectivity index (χ3n) is 2.38. The molecular formula is C11H16N2O. The maximum Gasteiger partial charge on any atom is 0.126 e. The Morgan fingerprint density at radius 1 is 1.43 bits per heavy atom. The van der Waals surface area contributed by atoms with Crippen LogP contribution in [0, 0.1) is 13.8 Å². The highest BCUT2D eigenvalue weighted by Crippen LogP contribution is 2.13. The molecule has 1 aliphatic rings. The van der Waals surface area contributed by atoms with Gasteiger partial charge in [-0.15, -0.1) is 0 Å². The summed E-state index contributed by atoms with van der Waals surface area (Å²) >= 11 is 0. The Labute approximate surface area is 84.5 Å². The number of ether oxygens (including phenoxy) is 1. The quantitative estimate of drug-likeness (QED) is 0.777. The molecule has 1 N–H and O–H groups in total. The number of rotatable bonds is 2. The molecule has 1 fully saturated rings. The van der Waals surface area contributed by atoms with Crippen LogP contribution in [0.25, 0.3) is 0 Å². The maximum absolute atomic E-state index is 5.30. The average molecular weight is 192 g/mol. The Morgan fingerprint density at radius 2 is 2.29 bits per heavy atom. The first-order chi connectivity index (χ1) is 6.74. The van der Waals surface area contributed by atoms with E-state index in [0.717, 1.165) is 31.1 Å². The molecule has 1 aromatic heterocycles. The first kappa shape index (κ1) is 9.46. The van der Waals surface area contributed by atoms with E-state index in [1.165, 1.54) is 5.56 Å². The summed E-state index contributed by atoms with van der Waals surface area (Å²) in [5.74, 6) is 0.970. The third-order valence-corrected chi connectivity index (χ3v) is 2.38. The minimum atomic E-state index is 0.434. The molecule has 1 saturated heterocycles. The second-order valence-corrected chi connectivity index (χ2v) is 3.88. The summed E-state index contributed by atoms with van der Waals surface area (Å²) in [7, 11) is 0. The molecule has 0 saturated carbocycles. The Kier molecular flexibility index (Phi) is 2.68. The highest BCUT2D eigenvalue weighted by atomic mass is 16.5. The molecule has 0 bridgehead atoms. The molecule has 0 aromatic carbocycles. The van der Waals surface area contributed by atoms with Crippen LogP contribution in [0.15, 0.2) is 12.1 Å². The van der Waals surface area contributed by atoms with E-state index in [0.29, 0.717) is 6.04 Å². The largest absolute Gasteiger partial charge is 0.379 e. The lowest BCUT2D eigenvalue weighted by Crippen LogP contribution is -2.19. The summed E-state index contributed by atoms with van der Waals surface area (Å²) in [6.07, 6.45) is 1.08. The van der Waals surface area contributed by atoms with E-state index in [1.54, 1.807) is 0 Å². The zero-order valence-electron chi connectivity index (χ0n) is 8.71. The van der Waals surface area contributed by atoms with Crippen molar-refractivity contribution in [2.75, 3.05) is 18.5 Å². The molecule has 0 radical (unpaired) electrons. The van der Waals surface area contributed by atoms with Crippen molar-refractivity contribution in [2.24, 2.45) is 0 Å². The van der Waals surface area contributed by atoms with Crippen molar-refractivity contribution in [3.05, 3.63) is 23.4 Å². The fourth-order valence-corrected chi connectivity index (χ4v) is 1.77. The van der Waals surface area contributed by atoms with E-state index < -0.39 is 0 Å². The van der Waals surface area contributed by atoms with E-state index in [1.807, 2.05) is 6.92 Å². The molecule has 2 rings (SSSR count). The summed E-state index contributed by atoms with van der Waals surface area (Å²) in [6, 6.07) is 4.59. The van der Waals surface area contributed by atoms with Crippen molar-refractivity contribution in [1.82, 2.24) is 4.98 Å². The second-order valence-electron chi connectivity index (χ2n) is 3.88. The molecule has 0 aliphatic carbocycles. The van der Waals surface area contributed by atoms with E-state index >= 15 is 0 Å². The van der Waals surface area contributed by atoms with Crippen LogP contribution in [0.5, 0.6) is 0 Å². The van der Waals surface area contributed by atoms with Crippen LogP contribution >= 0.6 is 0 Å². The zero-order valence-corrected chi connectivity index (χ0v) is 8.71. The van der Waals surface area contributed by atoms with Gasteiger partial charge in [-0.1, -0.05) is 0 Å². The number of hydrogen-bond acceptors (Lipinski definition) is 3. The first-order valence-corrected chi connectivity index (χ1v) is 5.03. The predicted octanol–water partition coefficient (Wildman–Crippen LogP) is 1.90. The first-order valence-electron chi connectivity index (χ1n) is 5.03. The molecule has 14 heavy (non-hydrogen) atoms. The lowest BCUT2D eigenvalue weighted by molar-refractivity contribution is 0.195.